The van der Waals surface area contributed by atoms with Crippen molar-refractivity contribution in [3.63, 3.8) is 0 Å². The molecule has 0 aliphatic heterocycles. The number of nitrogens with two attached hydrogens (primary N) is 1. The van der Waals surface area contributed by atoms with E-state index in [-0.39, 0.29) is 5.95 Å². The molecule has 34 heavy (non-hydrogen) atoms. The van der Waals surface area contributed by atoms with Gasteiger partial charge in [-0.15, -0.1) is 16.4 Å². The largest absolute Gasteiger partial charge is 0.496 e. The first-order valence-corrected chi connectivity index (χ1v) is 12.1. The van der Waals surface area contributed by atoms with Crippen LogP contribution in [-0.4, -0.2) is 33.6 Å². The normalized spacial score (nSPS) is 14.3. The number of anilines is 2. The van der Waals surface area contributed by atoms with Crippen molar-refractivity contribution in [2.24, 2.45) is 0 Å². The lowest BCUT2D eigenvalue weighted by Gasteiger charge is -2.22. The van der Waals surface area contributed by atoms with Crippen LogP contribution in [0.15, 0.2) is 30.3 Å². The van der Waals surface area contributed by atoms with E-state index < -0.39 is 5.91 Å². The number of benzene rings is 2. The SMILES string of the molecule is COc1cc2c(Oc3ccc(C4CCCCC4)cc3N)c(C(=O)Nc3nn[nH]n3)sc2cc1C. The molecular weight excluding hydrogens is 452 g/mol. The molecule has 1 aliphatic carbocycles. The number of hydrogen-bond donors (Lipinski definition) is 3. The number of ether oxygens (including phenoxy) is 2. The third-order valence-corrected chi connectivity index (χ3v) is 7.39. The number of thiophene rings is 1. The van der Waals surface area contributed by atoms with E-state index in [1.54, 1.807) is 7.11 Å². The summed E-state index contributed by atoms with van der Waals surface area (Å²) in [6.45, 7) is 1.96. The molecule has 0 unspecified atom stereocenters. The van der Waals surface area contributed by atoms with E-state index in [0.29, 0.717) is 33.7 Å². The van der Waals surface area contributed by atoms with Crippen molar-refractivity contribution in [2.45, 2.75) is 44.9 Å². The van der Waals surface area contributed by atoms with Gasteiger partial charge in [-0.25, -0.2) is 0 Å². The molecule has 2 aromatic heterocycles. The van der Waals surface area contributed by atoms with Gasteiger partial charge in [-0.2, -0.15) is 5.21 Å². The Morgan fingerprint density at radius 3 is 2.71 bits per heavy atom. The van der Waals surface area contributed by atoms with Crippen LogP contribution in [0.1, 0.15) is 58.8 Å². The molecular formula is C24H26N6O3S. The molecule has 1 saturated carbocycles. The smallest absolute Gasteiger partial charge is 0.272 e. The highest BCUT2D eigenvalue weighted by molar-refractivity contribution is 7.21. The first-order valence-electron chi connectivity index (χ1n) is 11.3. The third kappa shape index (κ3) is 4.28. The average Bonchev–Trinajstić information content (AvgIpc) is 3.48. The van der Waals surface area contributed by atoms with Crippen molar-refractivity contribution in [1.29, 1.82) is 0 Å². The van der Waals surface area contributed by atoms with Crippen LogP contribution in [0.3, 0.4) is 0 Å². The summed E-state index contributed by atoms with van der Waals surface area (Å²) < 4.78 is 12.7. The van der Waals surface area contributed by atoms with Crippen molar-refractivity contribution < 1.29 is 14.3 Å². The summed E-state index contributed by atoms with van der Waals surface area (Å²) >= 11 is 1.32. The zero-order valence-electron chi connectivity index (χ0n) is 19.1. The standard InChI is InChI=1S/C24H26N6O3S/c1-13-10-20-16(12-19(13)32-2)21(22(34-20)23(31)26-24-27-29-30-28-24)33-18-9-8-15(11-17(18)25)14-6-4-3-5-7-14/h8-12,14H,3-7,25H2,1-2H3,(H2,26,27,28,29,30,31). The van der Waals surface area contributed by atoms with Crippen molar-refractivity contribution in [2.75, 3.05) is 18.2 Å². The topological polar surface area (TPSA) is 128 Å². The second kappa shape index (κ2) is 9.30. The lowest BCUT2D eigenvalue weighted by Crippen LogP contribution is -2.12. The summed E-state index contributed by atoms with van der Waals surface area (Å²) in [5, 5.41) is 16.8. The van der Waals surface area contributed by atoms with Crippen LogP contribution in [0.25, 0.3) is 10.1 Å². The Kier molecular flexibility index (Phi) is 6.06. The number of carbonyl (C=O) groups excluding carboxylic acids is 1. The Bertz CT molecular complexity index is 1330. The maximum Gasteiger partial charge on any atom is 0.272 e. The molecule has 2 aromatic carbocycles. The fourth-order valence-corrected chi connectivity index (χ4v) is 5.61. The number of aromatic amines is 1. The van der Waals surface area contributed by atoms with Crippen LogP contribution in [-0.2, 0) is 0 Å². The van der Waals surface area contributed by atoms with Crippen LogP contribution in [0.4, 0.5) is 11.6 Å². The number of H-pyrrole nitrogens is 1. The number of fused-ring (bicyclic) bond motifs is 1. The second-order valence-corrected chi connectivity index (χ2v) is 9.55. The number of aromatic nitrogens is 4. The van der Waals surface area contributed by atoms with Gasteiger partial charge < -0.3 is 15.2 Å². The highest BCUT2D eigenvalue weighted by Gasteiger charge is 2.24. The number of rotatable bonds is 6. The highest BCUT2D eigenvalue weighted by Crippen LogP contribution is 2.45. The second-order valence-electron chi connectivity index (χ2n) is 8.50. The molecule has 0 saturated heterocycles. The predicted octanol–water partition coefficient (Wildman–Crippen LogP) is 5.41. The molecule has 4 N–H and O–H groups in total. The Labute approximate surface area is 200 Å². The highest BCUT2D eigenvalue weighted by atomic mass is 32.1. The minimum absolute atomic E-state index is 0.0820. The maximum absolute atomic E-state index is 13.1. The Hall–Kier alpha value is -3.66. The number of amides is 1. The molecule has 176 valence electrons. The van der Waals surface area contributed by atoms with Gasteiger partial charge in [-0.05, 0) is 66.3 Å². The molecule has 0 bridgehead atoms. The van der Waals surface area contributed by atoms with Gasteiger partial charge in [0.15, 0.2) is 5.75 Å². The van der Waals surface area contributed by atoms with Crippen LogP contribution in [0, 0.1) is 6.92 Å². The number of nitrogens with one attached hydrogen (secondary N) is 2. The van der Waals surface area contributed by atoms with Gasteiger partial charge >= 0.3 is 0 Å². The lowest BCUT2D eigenvalue weighted by molar-refractivity contribution is 0.102. The van der Waals surface area contributed by atoms with Crippen LogP contribution in [0.2, 0.25) is 0 Å². The number of nitrogen functional groups attached to an aromatic ring is 1. The van der Waals surface area contributed by atoms with Gasteiger partial charge in [0.25, 0.3) is 11.9 Å². The lowest BCUT2D eigenvalue weighted by atomic mass is 9.84. The predicted molar refractivity (Wildman–Crippen MR) is 132 cm³/mol. The first-order chi connectivity index (χ1) is 16.5. The van der Waals surface area contributed by atoms with Gasteiger partial charge in [0.05, 0.1) is 12.8 Å². The quantitative estimate of drug-likeness (QED) is 0.316. The summed E-state index contributed by atoms with van der Waals surface area (Å²) in [7, 11) is 1.62. The van der Waals surface area contributed by atoms with Crippen molar-refractivity contribution in [3.8, 4) is 17.2 Å². The van der Waals surface area contributed by atoms with Gasteiger partial charge in [0.2, 0.25) is 0 Å². The Morgan fingerprint density at radius 1 is 1.18 bits per heavy atom. The van der Waals surface area contributed by atoms with Gasteiger partial charge in [0, 0.05) is 10.1 Å². The monoisotopic (exact) mass is 478 g/mol. The molecule has 1 amide bonds. The van der Waals surface area contributed by atoms with Crippen molar-refractivity contribution >= 4 is 39.0 Å². The molecule has 0 spiro atoms. The molecule has 4 aromatic rings. The van der Waals surface area contributed by atoms with E-state index in [9.17, 15) is 4.79 Å². The van der Waals surface area contributed by atoms with E-state index in [2.05, 4.69) is 32.0 Å². The number of tetrazole rings is 1. The minimum atomic E-state index is -0.397. The number of aryl methyl sites for hydroxylation is 1. The van der Waals surface area contributed by atoms with E-state index in [4.69, 9.17) is 15.2 Å². The molecule has 9 nitrogen and oxygen atoms in total. The summed E-state index contributed by atoms with van der Waals surface area (Å²) in [5.74, 6) is 1.85. The molecule has 0 atom stereocenters. The molecule has 10 heteroatoms. The Morgan fingerprint density at radius 2 is 2.00 bits per heavy atom. The summed E-state index contributed by atoms with van der Waals surface area (Å²) in [6.07, 6.45) is 6.19. The van der Waals surface area contributed by atoms with Gasteiger partial charge in [-0.1, -0.05) is 30.4 Å². The Balaban J connectivity index is 1.53. The zero-order valence-corrected chi connectivity index (χ0v) is 19.9. The van der Waals surface area contributed by atoms with Crippen LogP contribution < -0.4 is 20.5 Å². The molecule has 5 rings (SSSR count). The fraction of sp³-hybridized carbons (Fsp3) is 0.333. The molecule has 0 radical (unpaired) electrons. The van der Waals surface area contributed by atoms with Crippen LogP contribution >= 0.6 is 11.3 Å². The number of methoxy groups -OCH3 is 1. The van der Waals surface area contributed by atoms with Gasteiger partial charge in [-0.3, -0.25) is 10.1 Å². The summed E-state index contributed by atoms with van der Waals surface area (Å²) in [5.41, 5.74) is 9.18. The van der Waals surface area contributed by atoms with Gasteiger partial charge in [0.1, 0.15) is 16.4 Å². The number of carbonyl (C=O) groups is 1. The zero-order chi connectivity index (χ0) is 23.7. The fourth-order valence-electron chi connectivity index (χ4n) is 4.51. The minimum Gasteiger partial charge on any atom is -0.496 e. The van der Waals surface area contributed by atoms with E-state index in [0.717, 1.165) is 15.6 Å². The summed E-state index contributed by atoms with van der Waals surface area (Å²) in [4.78, 5) is 13.5. The van der Waals surface area contributed by atoms with E-state index in [1.807, 2.05) is 31.2 Å². The number of nitrogens with zero attached hydrogens (tertiary/aromatic N) is 3. The van der Waals surface area contributed by atoms with Crippen molar-refractivity contribution in [1.82, 2.24) is 20.6 Å². The molecule has 2 heterocycles. The van der Waals surface area contributed by atoms with Crippen LogP contribution in [0.5, 0.6) is 17.2 Å². The molecule has 1 fully saturated rings. The van der Waals surface area contributed by atoms with E-state index in [1.165, 1.54) is 49.0 Å². The summed E-state index contributed by atoms with van der Waals surface area (Å²) in [6, 6.07) is 9.85. The maximum atomic E-state index is 13.1. The van der Waals surface area contributed by atoms with E-state index >= 15 is 0 Å². The van der Waals surface area contributed by atoms with Crippen molar-refractivity contribution in [3.05, 3.63) is 46.3 Å². The number of hydrogen-bond acceptors (Lipinski definition) is 8. The third-order valence-electron chi connectivity index (χ3n) is 6.26. The average molecular weight is 479 g/mol. The molecule has 1 aliphatic rings. The first kappa shape index (κ1) is 22.1.